The lowest BCUT2D eigenvalue weighted by Gasteiger charge is -2.57. The van der Waals surface area contributed by atoms with Crippen LogP contribution in [0.25, 0.3) is 0 Å². The van der Waals surface area contributed by atoms with Crippen molar-refractivity contribution in [3.05, 3.63) is 39.9 Å². The molecule has 1 aromatic rings. The zero-order valence-corrected chi connectivity index (χ0v) is 14.8. The first kappa shape index (κ1) is 16.4. The van der Waals surface area contributed by atoms with Gasteiger partial charge in [-0.2, -0.15) is 5.10 Å². The average molecular weight is 358 g/mol. The summed E-state index contributed by atoms with van der Waals surface area (Å²) in [7, 11) is 0. The summed E-state index contributed by atoms with van der Waals surface area (Å²) in [5.41, 5.74) is 3.93. The Morgan fingerprint density at radius 1 is 1.16 bits per heavy atom. The van der Waals surface area contributed by atoms with Gasteiger partial charge in [-0.1, -0.05) is 0 Å². The second-order valence-electron chi connectivity index (χ2n) is 7.87. The third-order valence-electron chi connectivity index (χ3n) is 5.90. The highest BCUT2D eigenvalue weighted by Gasteiger charge is 2.51. The fraction of sp³-hybridized carbons (Fsp3) is 0.556. The van der Waals surface area contributed by atoms with Gasteiger partial charge in [0.2, 0.25) is 0 Å². The van der Waals surface area contributed by atoms with Crippen LogP contribution in [0.1, 0.15) is 44.1 Å². The molecule has 4 aliphatic carbocycles. The molecule has 0 aliphatic heterocycles. The van der Waals surface area contributed by atoms with Gasteiger partial charge < -0.3 is 5.32 Å². The van der Waals surface area contributed by atoms with E-state index in [2.05, 4.69) is 15.8 Å². The normalized spacial score (nSPS) is 32.7. The smallest absolute Gasteiger partial charge is 0.269 e. The van der Waals surface area contributed by atoms with Gasteiger partial charge in [0.25, 0.3) is 5.69 Å². The molecule has 0 amide bonds. The fourth-order valence-corrected chi connectivity index (χ4v) is 5.65. The van der Waals surface area contributed by atoms with Crippen LogP contribution in [0.3, 0.4) is 0 Å². The molecule has 2 N–H and O–H groups in total. The molecule has 0 aromatic heterocycles. The molecule has 25 heavy (non-hydrogen) atoms. The van der Waals surface area contributed by atoms with Crippen molar-refractivity contribution in [3.63, 3.8) is 0 Å². The van der Waals surface area contributed by atoms with Crippen LogP contribution in [0.5, 0.6) is 0 Å². The van der Waals surface area contributed by atoms with Crippen LogP contribution in [0, 0.1) is 27.9 Å². The average Bonchev–Trinajstić information content (AvgIpc) is 2.53. The second kappa shape index (κ2) is 6.37. The number of non-ortho nitro benzene ring substituents is 1. The molecule has 132 valence electrons. The Morgan fingerprint density at radius 3 is 2.24 bits per heavy atom. The summed E-state index contributed by atoms with van der Waals surface area (Å²) in [6, 6.07) is 6.26. The van der Waals surface area contributed by atoms with Gasteiger partial charge in [0.1, 0.15) is 0 Å². The van der Waals surface area contributed by atoms with Crippen molar-refractivity contribution < 1.29 is 4.92 Å². The molecule has 4 saturated carbocycles. The van der Waals surface area contributed by atoms with Crippen LogP contribution in [0.15, 0.2) is 29.4 Å². The number of nitro benzene ring substituents is 1. The minimum absolute atomic E-state index is 0.0733. The molecular formula is C18H22N4O2S. The zero-order valence-electron chi connectivity index (χ0n) is 14.0. The number of rotatable bonds is 4. The first-order valence-electron chi connectivity index (χ1n) is 8.87. The highest BCUT2D eigenvalue weighted by molar-refractivity contribution is 7.80. The van der Waals surface area contributed by atoms with Crippen molar-refractivity contribution in [1.82, 2.24) is 10.7 Å². The molecule has 0 heterocycles. The van der Waals surface area contributed by atoms with Crippen LogP contribution in [0.4, 0.5) is 5.69 Å². The maximum Gasteiger partial charge on any atom is 0.269 e. The van der Waals surface area contributed by atoms with E-state index in [0.717, 1.165) is 23.3 Å². The molecule has 5 rings (SSSR count). The van der Waals surface area contributed by atoms with Crippen molar-refractivity contribution in [2.24, 2.45) is 22.9 Å². The Morgan fingerprint density at radius 2 is 1.72 bits per heavy atom. The minimum atomic E-state index is -0.413. The summed E-state index contributed by atoms with van der Waals surface area (Å²) in [6.07, 6.45) is 9.52. The van der Waals surface area contributed by atoms with E-state index in [-0.39, 0.29) is 11.2 Å². The van der Waals surface area contributed by atoms with E-state index in [1.165, 1.54) is 50.7 Å². The SMILES string of the molecule is O=[N+]([O-])c1ccc(/C=N/NC(=S)NC23CC4CC(CC(C4)C2)C3)cc1. The molecule has 1 aromatic carbocycles. The summed E-state index contributed by atoms with van der Waals surface area (Å²) >= 11 is 5.43. The summed E-state index contributed by atoms with van der Waals surface area (Å²) in [5, 5.41) is 18.9. The number of hydrazone groups is 1. The Bertz CT molecular complexity index is 681. The molecule has 6 nitrogen and oxygen atoms in total. The Labute approximate surface area is 152 Å². The van der Waals surface area contributed by atoms with Gasteiger partial charge in [0.15, 0.2) is 5.11 Å². The Hall–Kier alpha value is -2.02. The van der Waals surface area contributed by atoms with Crippen LogP contribution in [-0.4, -0.2) is 21.8 Å². The van der Waals surface area contributed by atoms with Gasteiger partial charge in [-0.05, 0) is 86.2 Å². The van der Waals surface area contributed by atoms with Crippen molar-refractivity contribution in [2.75, 3.05) is 0 Å². The largest absolute Gasteiger partial charge is 0.356 e. The lowest BCUT2D eigenvalue weighted by molar-refractivity contribution is -0.384. The van der Waals surface area contributed by atoms with E-state index in [1.54, 1.807) is 18.3 Å². The summed E-state index contributed by atoms with van der Waals surface area (Å²) in [5.74, 6) is 2.60. The van der Waals surface area contributed by atoms with E-state index in [9.17, 15) is 10.1 Å². The topological polar surface area (TPSA) is 79.6 Å². The molecule has 4 fully saturated rings. The molecule has 0 spiro atoms. The first-order chi connectivity index (χ1) is 12.0. The molecular weight excluding hydrogens is 336 g/mol. The lowest BCUT2D eigenvalue weighted by Crippen LogP contribution is -2.61. The number of nitrogens with zero attached hydrogens (tertiary/aromatic N) is 2. The number of hydrogen-bond acceptors (Lipinski definition) is 4. The monoisotopic (exact) mass is 358 g/mol. The molecule has 4 bridgehead atoms. The van der Waals surface area contributed by atoms with Crippen LogP contribution in [-0.2, 0) is 0 Å². The van der Waals surface area contributed by atoms with Crippen molar-refractivity contribution in [1.29, 1.82) is 0 Å². The second-order valence-corrected chi connectivity index (χ2v) is 8.28. The van der Waals surface area contributed by atoms with Crippen molar-refractivity contribution in [2.45, 2.75) is 44.1 Å². The molecule has 0 unspecified atom stereocenters. The van der Waals surface area contributed by atoms with E-state index in [1.807, 2.05) is 0 Å². The van der Waals surface area contributed by atoms with E-state index < -0.39 is 4.92 Å². The van der Waals surface area contributed by atoms with Gasteiger partial charge in [-0.3, -0.25) is 15.5 Å². The summed E-state index contributed by atoms with van der Waals surface area (Å²) < 4.78 is 0. The van der Waals surface area contributed by atoms with Gasteiger partial charge in [0.05, 0.1) is 11.1 Å². The van der Waals surface area contributed by atoms with E-state index >= 15 is 0 Å². The number of nitro groups is 1. The predicted octanol–water partition coefficient (Wildman–Crippen LogP) is 3.36. The summed E-state index contributed by atoms with van der Waals surface area (Å²) in [4.78, 5) is 10.2. The van der Waals surface area contributed by atoms with Crippen LogP contribution in [0.2, 0.25) is 0 Å². The standard InChI is InChI=1S/C18H22N4O2S/c23-22(24)16-3-1-12(2-4-16)11-19-21-17(25)20-18-8-13-5-14(9-18)7-15(6-13)10-18/h1-4,11,13-15H,5-10H2,(H2,20,21,25)/b19-11+. The van der Waals surface area contributed by atoms with Gasteiger partial charge >= 0.3 is 0 Å². The quantitative estimate of drug-likeness (QED) is 0.373. The fourth-order valence-electron chi connectivity index (χ4n) is 5.38. The van der Waals surface area contributed by atoms with Crippen molar-refractivity contribution in [3.8, 4) is 0 Å². The van der Waals surface area contributed by atoms with Crippen molar-refractivity contribution >= 4 is 29.2 Å². The minimum Gasteiger partial charge on any atom is -0.356 e. The maximum atomic E-state index is 10.7. The van der Waals surface area contributed by atoms with Gasteiger partial charge in [-0.25, -0.2) is 0 Å². The number of thiocarbonyl (C=S) groups is 1. The highest BCUT2D eigenvalue weighted by atomic mass is 32.1. The number of benzene rings is 1. The van der Waals surface area contributed by atoms with Crippen LogP contribution >= 0.6 is 12.2 Å². The first-order valence-corrected chi connectivity index (χ1v) is 9.28. The Balaban J connectivity index is 1.33. The molecule has 0 radical (unpaired) electrons. The molecule has 7 heteroatoms. The van der Waals surface area contributed by atoms with E-state index in [4.69, 9.17) is 12.2 Å². The van der Waals surface area contributed by atoms with Gasteiger partial charge in [0, 0.05) is 17.7 Å². The molecule has 0 atom stereocenters. The Kier molecular flexibility index (Phi) is 4.19. The zero-order chi connectivity index (χ0) is 17.4. The number of hydrogen-bond donors (Lipinski definition) is 2. The highest BCUT2D eigenvalue weighted by Crippen LogP contribution is 2.55. The number of nitrogens with one attached hydrogen (secondary N) is 2. The lowest BCUT2D eigenvalue weighted by atomic mass is 9.53. The van der Waals surface area contributed by atoms with Crippen LogP contribution < -0.4 is 10.7 Å². The third-order valence-corrected chi connectivity index (χ3v) is 6.09. The van der Waals surface area contributed by atoms with E-state index in [0.29, 0.717) is 5.11 Å². The maximum absolute atomic E-state index is 10.7. The third kappa shape index (κ3) is 3.51. The molecule has 4 aliphatic rings. The summed E-state index contributed by atoms with van der Waals surface area (Å²) in [6.45, 7) is 0. The van der Waals surface area contributed by atoms with Gasteiger partial charge in [-0.15, -0.1) is 0 Å². The molecule has 0 saturated heterocycles. The predicted molar refractivity (Wildman–Crippen MR) is 100 cm³/mol.